The number of fused-ring (bicyclic) bond motifs is 1. The number of hydrogen-bond donors (Lipinski definition) is 1. The largest absolute Gasteiger partial charge is 0.399 e. The second kappa shape index (κ2) is 5.31. The van der Waals surface area contributed by atoms with Crippen molar-refractivity contribution >= 4 is 40.3 Å². The summed E-state index contributed by atoms with van der Waals surface area (Å²) in [6, 6.07) is 13.2. The minimum Gasteiger partial charge on any atom is -0.399 e. The average molecular weight is 282 g/mol. The van der Waals surface area contributed by atoms with Gasteiger partial charge in [-0.15, -0.1) is 0 Å². The van der Waals surface area contributed by atoms with Crippen LogP contribution in [0.2, 0.25) is 5.02 Å². The van der Waals surface area contributed by atoms with E-state index in [4.69, 9.17) is 17.3 Å². The molecule has 20 heavy (non-hydrogen) atoms. The smallest absolute Gasteiger partial charge is 0.152 e. The van der Waals surface area contributed by atoms with Crippen molar-refractivity contribution in [2.24, 2.45) is 0 Å². The van der Waals surface area contributed by atoms with E-state index in [9.17, 15) is 0 Å². The Morgan fingerprint density at radius 3 is 2.60 bits per heavy atom. The zero-order chi connectivity index (χ0) is 13.9. The molecule has 2 N–H and O–H groups in total. The molecule has 0 unspecified atom stereocenters. The lowest BCUT2D eigenvalue weighted by Crippen LogP contribution is -1.90. The van der Waals surface area contributed by atoms with Crippen LogP contribution < -0.4 is 5.73 Å². The molecule has 0 bridgehead atoms. The molecule has 0 aliphatic heterocycles. The number of halogens is 1. The normalized spacial score (nSPS) is 11.2. The van der Waals surface area contributed by atoms with E-state index in [1.807, 2.05) is 54.6 Å². The van der Waals surface area contributed by atoms with Crippen molar-refractivity contribution in [1.82, 2.24) is 9.97 Å². The molecule has 4 heteroatoms. The molecule has 0 atom stereocenters. The third-order valence-corrected chi connectivity index (χ3v) is 3.17. The molecule has 98 valence electrons. The van der Waals surface area contributed by atoms with Gasteiger partial charge in [0.15, 0.2) is 5.82 Å². The maximum atomic E-state index is 5.85. The summed E-state index contributed by atoms with van der Waals surface area (Å²) >= 11 is 5.85. The molecule has 3 aromatic rings. The topological polar surface area (TPSA) is 51.8 Å². The summed E-state index contributed by atoms with van der Waals surface area (Å²) in [6.45, 7) is 0. The highest BCUT2D eigenvalue weighted by Gasteiger charge is 1.98. The zero-order valence-corrected chi connectivity index (χ0v) is 11.4. The van der Waals surface area contributed by atoms with Crippen LogP contribution in [0.4, 0.5) is 5.69 Å². The molecule has 0 aliphatic carbocycles. The first-order valence-electron chi connectivity index (χ1n) is 6.17. The summed E-state index contributed by atoms with van der Waals surface area (Å²) in [5, 5.41) is 1.70. The van der Waals surface area contributed by atoms with Gasteiger partial charge in [0, 0.05) is 22.3 Å². The van der Waals surface area contributed by atoms with Crippen LogP contribution in [0.15, 0.2) is 48.7 Å². The van der Waals surface area contributed by atoms with Gasteiger partial charge >= 0.3 is 0 Å². The third kappa shape index (κ3) is 2.78. The molecule has 0 spiro atoms. The first kappa shape index (κ1) is 12.6. The standard InChI is InChI=1S/C16H12ClN3/c17-13-5-1-11(2-6-13)3-8-16-19-10-12-4-7-14(18)9-15(12)20-16/h1-10H,18H2. The van der Waals surface area contributed by atoms with Gasteiger partial charge in [-0.25, -0.2) is 9.97 Å². The number of nitrogens with two attached hydrogens (primary N) is 1. The van der Waals surface area contributed by atoms with E-state index in [2.05, 4.69) is 9.97 Å². The van der Waals surface area contributed by atoms with Gasteiger partial charge in [0.25, 0.3) is 0 Å². The molecular formula is C16H12ClN3. The summed E-state index contributed by atoms with van der Waals surface area (Å²) in [4.78, 5) is 8.77. The maximum Gasteiger partial charge on any atom is 0.152 e. The van der Waals surface area contributed by atoms with E-state index in [1.165, 1.54) is 0 Å². The second-order valence-electron chi connectivity index (χ2n) is 4.43. The molecule has 0 saturated carbocycles. The van der Waals surface area contributed by atoms with Crippen molar-refractivity contribution in [3.05, 3.63) is 65.1 Å². The van der Waals surface area contributed by atoms with E-state index in [-0.39, 0.29) is 0 Å². The molecule has 2 aromatic carbocycles. The Balaban J connectivity index is 1.92. The molecule has 1 aromatic heterocycles. The second-order valence-corrected chi connectivity index (χ2v) is 4.87. The van der Waals surface area contributed by atoms with Crippen LogP contribution >= 0.6 is 11.6 Å². The monoisotopic (exact) mass is 281 g/mol. The molecule has 0 aliphatic rings. The summed E-state index contributed by atoms with van der Waals surface area (Å²) < 4.78 is 0. The number of hydrogen-bond acceptors (Lipinski definition) is 3. The van der Waals surface area contributed by atoms with Crippen LogP contribution in [0.25, 0.3) is 23.1 Å². The van der Waals surface area contributed by atoms with Crippen molar-refractivity contribution in [1.29, 1.82) is 0 Å². The van der Waals surface area contributed by atoms with E-state index >= 15 is 0 Å². The quantitative estimate of drug-likeness (QED) is 0.721. The van der Waals surface area contributed by atoms with Gasteiger partial charge in [0.1, 0.15) is 0 Å². The molecule has 3 rings (SSSR count). The van der Waals surface area contributed by atoms with Crippen molar-refractivity contribution in [3.63, 3.8) is 0 Å². The Morgan fingerprint density at radius 1 is 1.00 bits per heavy atom. The Bertz CT molecular complexity index is 779. The fraction of sp³-hybridized carbons (Fsp3) is 0. The lowest BCUT2D eigenvalue weighted by atomic mass is 10.2. The minimum atomic E-state index is 0.651. The Labute approximate surface area is 121 Å². The molecule has 1 heterocycles. The third-order valence-electron chi connectivity index (χ3n) is 2.92. The van der Waals surface area contributed by atoms with Gasteiger partial charge in [0.2, 0.25) is 0 Å². The summed E-state index contributed by atoms with van der Waals surface area (Å²) in [6.07, 6.45) is 5.61. The van der Waals surface area contributed by atoms with Crippen molar-refractivity contribution in [2.45, 2.75) is 0 Å². The van der Waals surface area contributed by atoms with E-state index in [1.54, 1.807) is 6.20 Å². The number of nitrogen functional groups attached to an aromatic ring is 1. The Hall–Kier alpha value is -2.39. The van der Waals surface area contributed by atoms with Crippen LogP contribution in [0.5, 0.6) is 0 Å². The fourth-order valence-electron chi connectivity index (χ4n) is 1.88. The number of aromatic nitrogens is 2. The van der Waals surface area contributed by atoms with Crippen molar-refractivity contribution in [2.75, 3.05) is 5.73 Å². The van der Waals surface area contributed by atoms with Crippen molar-refractivity contribution in [3.8, 4) is 0 Å². The zero-order valence-electron chi connectivity index (χ0n) is 10.6. The highest BCUT2D eigenvalue weighted by molar-refractivity contribution is 6.30. The molecule has 3 nitrogen and oxygen atoms in total. The van der Waals surface area contributed by atoms with Gasteiger partial charge in [-0.2, -0.15) is 0 Å². The lowest BCUT2D eigenvalue weighted by molar-refractivity contribution is 1.19. The van der Waals surface area contributed by atoms with Crippen LogP contribution in [0, 0.1) is 0 Å². The van der Waals surface area contributed by atoms with E-state index in [0.717, 1.165) is 21.5 Å². The van der Waals surface area contributed by atoms with Crippen molar-refractivity contribution < 1.29 is 0 Å². The van der Waals surface area contributed by atoms with Gasteiger partial charge in [0.05, 0.1) is 5.52 Å². The van der Waals surface area contributed by atoms with Crippen LogP contribution in [0.3, 0.4) is 0 Å². The first-order chi connectivity index (χ1) is 9.70. The van der Waals surface area contributed by atoms with Crippen LogP contribution in [-0.4, -0.2) is 9.97 Å². The molecular weight excluding hydrogens is 270 g/mol. The predicted octanol–water partition coefficient (Wildman–Crippen LogP) is 4.04. The highest BCUT2D eigenvalue weighted by Crippen LogP contribution is 2.16. The Morgan fingerprint density at radius 2 is 1.80 bits per heavy atom. The maximum absolute atomic E-state index is 5.85. The number of nitrogens with zero attached hydrogens (tertiary/aromatic N) is 2. The number of rotatable bonds is 2. The van der Waals surface area contributed by atoms with Crippen LogP contribution in [0.1, 0.15) is 11.4 Å². The fourth-order valence-corrected chi connectivity index (χ4v) is 2.01. The molecule has 0 fully saturated rings. The Kier molecular flexibility index (Phi) is 3.35. The van der Waals surface area contributed by atoms with Gasteiger partial charge in [-0.05, 0) is 42.0 Å². The summed E-state index contributed by atoms with van der Waals surface area (Å²) in [7, 11) is 0. The molecule has 0 amide bonds. The lowest BCUT2D eigenvalue weighted by Gasteiger charge is -2.00. The predicted molar refractivity (Wildman–Crippen MR) is 84.3 cm³/mol. The van der Waals surface area contributed by atoms with Gasteiger partial charge < -0.3 is 5.73 Å². The first-order valence-corrected chi connectivity index (χ1v) is 6.54. The SMILES string of the molecule is Nc1ccc2cnc(C=Cc3ccc(Cl)cc3)nc2c1. The molecule has 0 radical (unpaired) electrons. The van der Waals surface area contributed by atoms with Crippen LogP contribution in [-0.2, 0) is 0 Å². The summed E-state index contributed by atoms with van der Waals surface area (Å²) in [5.41, 5.74) is 8.35. The van der Waals surface area contributed by atoms with Gasteiger partial charge in [-0.1, -0.05) is 29.8 Å². The summed E-state index contributed by atoms with van der Waals surface area (Å²) in [5.74, 6) is 0.651. The van der Waals surface area contributed by atoms with E-state index in [0.29, 0.717) is 11.5 Å². The number of anilines is 1. The number of benzene rings is 2. The average Bonchev–Trinajstić information content (AvgIpc) is 2.46. The molecule has 0 saturated heterocycles. The van der Waals surface area contributed by atoms with Gasteiger partial charge in [-0.3, -0.25) is 0 Å². The minimum absolute atomic E-state index is 0.651. The highest BCUT2D eigenvalue weighted by atomic mass is 35.5. The van der Waals surface area contributed by atoms with E-state index < -0.39 is 0 Å².